The van der Waals surface area contributed by atoms with Gasteiger partial charge in [0.2, 0.25) is 5.91 Å². The lowest BCUT2D eigenvalue weighted by Gasteiger charge is -2.30. The third kappa shape index (κ3) is 5.86. The largest absolute Gasteiger partial charge is 0.310 e. The molecule has 0 unspecified atom stereocenters. The van der Waals surface area contributed by atoms with E-state index < -0.39 is 0 Å². The van der Waals surface area contributed by atoms with E-state index in [0.717, 1.165) is 16.8 Å². The molecule has 0 radical (unpaired) electrons. The monoisotopic (exact) mass is 341 g/mol. The highest BCUT2D eigenvalue weighted by molar-refractivity contribution is 5.95. The molecule has 0 saturated heterocycles. The summed E-state index contributed by atoms with van der Waals surface area (Å²) in [6.07, 6.45) is 7.88. The van der Waals surface area contributed by atoms with Gasteiger partial charge in [0, 0.05) is 18.3 Å². The number of aryl methyl sites for hydroxylation is 2. The first-order chi connectivity index (χ1) is 12.0. The van der Waals surface area contributed by atoms with Crippen LogP contribution in [0.1, 0.15) is 56.1 Å². The topological polar surface area (TPSA) is 47.3 Å². The maximum atomic E-state index is 13.0. The van der Waals surface area contributed by atoms with Gasteiger partial charge in [-0.05, 0) is 57.0 Å². The summed E-state index contributed by atoms with van der Waals surface area (Å²) < 4.78 is 0. The minimum atomic E-state index is 0.0898. The van der Waals surface area contributed by atoms with Gasteiger partial charge in [-0.3, -0.25) is 9.69 Å². The van der Waals surface area contributed by atoms with Crippen LogP contribution < -0.4 is 4.90 Å². The Balaban J connectivity index is 2.10. The second-order valence-corrected chi connectivity index (χ2v) is 7.36. The number of carbonyl (C=O) groups excluding carboxylic acids is 1. The molecule has 1 aliphatic carbocycles. The average Bonchev–Trinajstić information content (AvgIpc) is 2.83. The Bertz CT molecular complexity index is 592. The molecule has 25 heavy (non-hydrogen) atoms. The van der Waals surface area contributed by atoms with Crippen LogP contribution in [0, 0.1) is 25.2 Å². The molecule has 0 spiro atoms. The standard InChI is InChI=1S/C21H31N3O/c1-17-13-18(2)15-20(14-17)24(12-8-11-22)21(25)16-23(3)19-9-6-4-5-7-10-19/h13-15,19H,4-10,12,16H2,1-3H3. The van der Waals surface area contributed by atoms with Crippen molar-refractivity contribution in [1.82, 2.24) is 4.90 Å². The van der Waals surface area contributed by atoms with E-state index in [1.54, 1.807) is 4.90 Å². The predicted molar refractivity (Wildman–Crippen MR) is 103 cm³/mol. The number of nitrogens with zero attached hydrogens (tertiary/aromatic N) is 3. The molecule has 1 saturated carbocycles. The molecule has 136 valence electrons. The number of carbonyl (C=O) groups is 1. The van der Waals surface area contributed by atoms with Crippen LogP contribution in [-0.4, -0.2) is 37.0 Å². The SMILES string of the molecule is Cc1cc(C)cc(N(CCC#N)C(=O)CN(C)C2CCCCCC2)c1. The summed E-state index contributed by atoms with van der Waals surface area (Å²) in [5.74, 6) is 0.0898. The molecule has 1 fully saturated rings. The summed E-state index contributed by atoms with van der Waals surface area (Å²) in [6, 6.07) is 8.85. The summed E-state index contributed by atoms with van der Waals surface area (Å²) in [4.78, 5) is 17.0. The molecule has 4 heteroatoms. The average molecular weight is 341 g/mol. The lowest BCUT2D eigenvalue weighted by molar-refractivity contribution is -0.120. The van der Waals surface area contributed by atoms with Gasteiger partial charge in [0.25, 0.3) is 0 Å². The van der Waals surface area contributed by atoms with Crippen LogP contribution in [0.4, 0.5) is 5.69 Å². The normalized spacial score (nSPS) is 15.6. The molecule has 0 atom stereocenters. The Morgan fingerprint density at radius 3 is 2.28 bits per heavy atom. The number of amides is 1. The first kappa shape index (κ1) is 19.5. The number of benzene rings is 1. The Kier molecular flexibility index (Phi) is 7.46. The number of rotatable bonds is 6. The molecular weight excluding hydrogens is 310 g/mol. The molecule has 0 aromatic heterocycles. The highest BCUT2D eigenvalue weighted by Crippen LogP contribution is 2.23. The maximum Gasteiger partial charge on any atom is 0.241 e. The molecule has 1 aliphatic rings. The third-order valence-corrected chi connectivity index (χ3v) is 5.10. The fourth-order valence-electron chi connectivity index (χ4n) is 3.79. The molecule has 0 heterocycles. The van der Waals surface area contributed by atoms with Crippen molar-refractivity contribution in [3.05, 3.63) is 29.3 Å². The van der Waals surface area contributed by atoms with E-state index >= 15 is 0 Å². The van der Waals surface area contributed by atoms with Gasteiger partial charge >= 0.3 is 0 Å². The third-order valence-electron chi connectivity index (χ3n) is 5.10. The highest BCUT2D eigenvalue weighted by atomic mass is 16.2. The Morgan fingerprint density at radius 2 is 1.72 bits per heavy atom. The van der Waals surface area contributed by atoms with E-state index in [9.17, 15) is 4.79 Å². The molecule has 0 bridgehead atoms. The Hall–Kier alpha value is -1.86. The lowest BCUT2D eigenvalue weighted by atomic mass is 10.1. The van der Waals surface area contributed by atoms with Gasteiger partial charge in [-0.15, -0.1) is 0 Å². The molecule has 1 aromatic rings. The number of anilines is 1. The van der Waals surface area contributed by atoms with E-state index in [2.05, 4.69) is 24.1 Å². The molecule has 0 N–H and O–H groups in total. The lowest BCUT2D eigenvalue weighted by Crippen LogP contribution is -2.43. The Labute approximate surface area is 152 Å². The van der Waals surface area contributed by atoms with Crippen LogP contribution >= 0.6 is 0 Å². The van der Waals surface area contributed by atoms with Crippen molar-refractivity contribution in [1.29, 1.82) is 5.26 Å². The van der Waals surface area contributed by atoms with Gasteiger partial charge in [-0.1, -0.05) is 31.7 Å². The van der Waals surface area contributed by atoms with Gasteiger partial charge in [-0.2, -0.15) is 5.26 Å². The quantitative estimate of drug-likeness (QED) is 0.728. The predicted octanol–water partition coefficient (Wildman–Crippen LogP) is 4.20. The second kappa shape index (κ2) is 9.58. The molecule has 1 aromatic carbocycles. The van der Waals surface area contributed by atoms with Gasteiger partial charge in [0.05, 0.1) is 19.0 Å². The van der Waals surface area contributed by atoms with E-state index in [1.165, 1.54) is 38.5 Å². The zero-order chi connectivity index (χ0) is 18.2. The minimum Gasteiger partial charge on any atom is -0.310 e. The van der Waals surface area contributed by atoms with Gasteiger partial charge in [0.1, 0.15) is 0 Å². The van der Waals surface area contributed by atoms with Crippen LogP contribution in [0.25, 0.3) is 0 Å². The van der Waals surface area contributed by atoms with E-state index in [4.69, 9.17) is 5.26 Å². The van der Waals surface area contributed by atoms with Crippen LogP contribution in [-0.2, 0) is 4.79 Å². The van der Waals surface area contributed by atoms with Crippen molar-refractivity contribution in [2.75, 3.05) is 25.0 Å². The van der Waals surface area contributed by atoms with Gasteiger partial charge in [-0.25, -0.2) is 0 Å². The summed E-state index contributed by atoms with van der Waals surface area (Å²) in [7, 11) is 2.07. The number of hydrogen-bond acceptors (Lipinski definition) is 3. The molecular formula is C21H31N3O. The van der Waals surface area contributed by atoms with Crippen molar-refractivity contribution in [2.24, 2.45) is 0 Å². The second-order valence-electron chi connectivity index (χ2n) is 7.36. The molecule has 1 amide bonds. The minimum absolute atomic E-state index is 0.0898. The van der Waals surface area contributed by atoms with E-state index in [0.29, 0.717) is 25.6 Å². The zero-order valence-corrected chi connectivity index (χ0v) is 15.9. The maximum absolute atomic E-state index is 13.0. The van der Waals surface area contributed by atoms with Crippen LogP contribution in [0.2, 0.25) is 0 Å². The van der Waals surface area contributed by atoms with Crippen LogP contribution in [0.15, 0.2) is 18.2 Å². The van der Waals surface area contributed by atoms with E-state index in [1.807, 2.05) is 26.0 Å². The zero-order valence-electron chi connectivity index (χ0n) is 15.9. The molecule has 4 nitrogen and oxygen atoms in total. The molecule has 2 rings (SSSR count). The number of likely N-dealkylation sites (N-methyl/N-ethyl adjacent to an activating group) is 1. The van der Waals surface area contributed by atoms with Gasteiger partial charge in [0.15, 0.2) is 0 Å². The number of nitriles is 1. The fraction of sp³-hybridized carbons (Fsp3) is 0.619. The molecule has 0 aliphatic heterocycles. The summed E-state index contributed by atoms with van der Waals surface area (Å²) in [5.41, 5.74) is 3.19. The Morgan fingerprint density at radius 1 is 1.12 bits per heavy atom. The fourth-order valence-corrected chi connectivity index (χ4v) is 3.79. The highest BCUT2D eigenvalue weighted by Gasteiger charge is 2.22. The van der Waals surface area contributed by atoms with Crippen LogP contribution in [0.3, 0.4) is 0 Å². The first-order valence-corrected chi connectivity index (χ1v) is 9.47. The van der Waals surface area contributed by atoms with Crippen molar-refractivity contribution in [3.63, 3.8) is 0 Å². The van der Waals surface area contributed by atoms with Crippen molar-refractivity contribution in [3.8, 4) is 6.07 Å². The van der Waals surface area contributed by atoms with Gasteiger partial charge < -0.3 is 4.90 Å². The van der Waals surface area contributed by atoms with Crippen LogP contribution in [0.5, 0.6) is 0 Å². The van der Waals surface area contributed by atoms with Crippen molar-refractivity contribution < 1.29 is 4.79 Å². The summed E-state index contributed by atoms with van der Waals surface area (Å²) >= 11 is 0. The summed E-state index contributed by atoms with van der Waals surface area (Å²) in [5, 5.41) is 8.97. The smallest absolute Gasteiger partial charge is 0.241 e. The number of hydrogen-bond donors (Lipinski definition) is 0. The van der Waals surface area contributed by atoms with Crippen molar-refractivity contribution in [2.45, 2.75) is 64.8 Å². The van der Waals surface area contributed by atoms with E-state index in [-0.39, 0.29) is 5.91 Å². The van der Waals surface area contributed by atoms with Crippen molar-refractivity contribution >= 4 is 11.6 Å². The summed E-state index contributed by atoms with van der Waals surface area (Å²) in [6.45, 7) is 4.96. The first-order valence-electron chi connectivity index (χ1n) is 9.47.